The standard InChI is InChI=1S/C18H24N2O3/c1-5-22-18(4,14-6-7-14)17(21)20-15-8-9-16(23-12(2)3)13(10-15)11-19/h8-10,12,14H,5-7H2,1-4H3,(H,20,21)/t18-/m0/s1. The number of rotatable bonds is 7. The van der Waals surface area contributed by atoms with E-state index in [9.17, 15) is 10.1 Å². The van der Waals surface area contributed by atoms with E-state index in [1.54, 1.807) is 18.2 Å². The van der Waals surface area contributed by atoms with E-state index in [1.165, 1.54) is 0 Å². The molecule has 1 atom stereocenters. The highest BCUT2D eigenvalue weighted by atomic mass is 16.5. The van der Waals surface area contributed by atoms with Crippen LogP contribution in [0.4, 0.5) is 5.69 Å². The molecule has 1 saturated carbocycles. The molecule has 0 spiro atoms. The van der Waals surface area contributed by atoms with Gasteiger partial charge in [-0.05, 0) is 64.7 Å². The quantitative estimate of drug-likeness (QED) is 0.836. The highest BCUT2D eigenvalue weighted by Crippen LogP contribution is 2.42. The predicted molar refractivity (Wildman–Crippen MR) is 88.3 cm³/mol. The van der Waals surface area contributed by atoms with Crippen molar-refractivity contribution >= 4 is 11.6 Å². The largest absolute Gasteiger partial charge is 0.490 e. The van der Waals surface area contributed by atoms with Gasteiger partial charge in [0.15, 0.2) is 0 Å². The Balaban J connectivity index is 2.16. The molecule has 1 N–H and O–H groups in total. The van der Waals surface area contributed by atoms with Crippen LogP contribution in [0.2, 0.25) is 0 Å². The number of carbonyl (C=O) groups excluding carboxylic acids is 1. The van der Waals surface area contributed by atoms with Crippen molar-refractivity contribution in [2.45, 2.75) is 52.2 Å². The number of nitriles is 1. The summed E-state index contributed by atoms with van der Waals surface area (Å²) < 4.78 is 11.3. The minimum Gasteiger partial charge on any atom is -0.490 e. The summed E-state index contributed by atoms with van der Waals surface area (Å²) in [6, 6.07) is 7.20. The molecule has 0 radical (unpaired) electrons. The maximum absolute atomic E-state index is 12.6. The van der Waals surface area contributed by atoms with Gasteiger partial charge in [0, 0.05) is 12.3 Å². The first-order valence-electron chi connectivity index (χ1n) is 8.07. The van der Waals surface area contributed by atoms with Gasteiger partial charge in [-0.15, -0.1) is 0 Å². The SMILES string of the molecule is CCO[C@](C)(C(=O)Nc1ccc(OC(C)C)c(C#N)c1)C1CC1. The van der Waals surface area contributed by atoms with Crippen LogP contribution in [0, 0.1) is 17.2 Å². The smallest absolute Gasteiger partial charge is 0.256 e. The fraction of sp³-hybridized carbons (Fsp3) is 0.556. The number of carbonyl (C=O) groups is 1. The maximum atomic E-state index is 12.6. The molecule has 1 aliphatic rings. The van der Waals surface area contributed by atoms with Crippen molar-refractivity contribution in [1.82, 2.24) is 0 Å². The average Bonchev–Trinajstić information content (AvgIpc) is 3.33. The molecular weight excluding hydrogens is 292 g/mol. The number of nitrogens with one attached hydrogen (secondary N) is 1. The summed E-state index contributed by atoms with van der Waals surface area (Å²) in [5.41, 5.74) is 0.171. The minimum absolute atomic E-state index is 0.0151. The third-order valence-corrected chi connectivity index (χ3v) is 3.97. The molecule has 1 fully saturated rings. The Morgan fingerprint density at radius 1 is 1.48 bits per heavy atom. The van der Waals surface area contributed by atoms with Crippen molar-refractivity contribution in [3.05, 3.63) is 23.8 Å². The van der Waals surface area contributed by atoms with Crippen LogP contribution in [0.1, 0.15) is 46.1 Å². The molecule has 23 heavy (non-hydrogen) atoms. The van der Waals surface area contributed by atoms with E-state index >= 15 is 0 Å². The number of benzene rings is 1. The zero-order valence-corrected chi connectivity index (χ0v) is 14.2. The summed E-state index contributed by atoms with van der Waals surface area (Å²) in [5, 5.41) is 12.1. The van der Waals surface area contributed by atoms with Gasteiger partial charge in [0.05, 0.1) is 11.7 Å². The lowest BCUT2D eigenvalue weighted by Gasteiger charge is -2.28. The zero-order valence-electron chi connectivity index (χ0n) is 14.2. The van der Waals surface area contributed by atoms with Crippen LogP contribution in [0.3, 0.4) is 0 Å². The van der Waals surface area contributed by atoms with Gasteiger partial charge in [0.1, 0.15) is 17.4 Å². The van der Waals surface area contributed by atoms with Gasteiger partial charge in [0.25, 0.3) is 5.91 Å². The maximum Gasteiger partial charge on any atom is 0.256 e. The van der Waals surface area contributed by atoms with Crippen LogP contribution in [0.5, 0.6) is 5.75 Å². The minimum atomic E-state index is -0.811. The molecule has 5 heteroatoms. The van der Waals surface area contributed by atoms with Crippen LogP contribution in [-0.4, -0.2) is 24.2 Å². The van der Waals surface area contributed by atoms with Crippen molar-refractivity contribution in [1.29, 1.82) is 5.26 Å². The molecule has 0 bridgehead atoms. The highest BCUT2D eigenvalue weighted by Gasteiger charge is 2.48. The van der Waals surface area contributed by atoms with Crippen LogP contribution < -0.4 is 10.1 Å². The Morgan fingerprint density at radius 2 is 2.17 bits per heavy atom. The van der Waals surface area contributed by atoms with Crippen molar-refractivity contribution < 1.29 is 14.3 Å². The first-order chi connectivity index (χ1) is 10.9. The van der Waals surface area contributed by atoms with Gasteiger partial charge in [-0.25, -0.2) is 0 Å². The fourth-order valence-corrected chi connectivity index (χ4v) is 2.61. The molecule has 5 nitrogen and oxygen atoms in total. The van der Waals surface area contributed by atoms with Crippen molar-refractivity contribution in [2.75, 3.05) is 11.9 Å². The topological polar surface area (TPSA) is 71.3 Å². The van der Waals surface area contributed by atoms with Crippen LogP contribution in [0.15, 0.2) is 18.2 Å². The van der Waals surface area contributed by atoms with E-state index in [0.717, 1.165) is 12.8 Å². The van der Waals surface area contributed by atoms with E-state index in [4.69, 9.17) is 9.47 Å². The first kappa shape index (κ1) is 17.3. The van der Waals surface area contributed by atoms with Crippen LogP contribution in [-0.2, 0) is 9.53 Å². The summed E-state index contributed by atoms with van der Waals surface area (Å²) in [6.07, 6.45) is 2.00. The summed E-state index contributed by atoms with van der Waals surface area (Å²) >= 11 is 0. The van der Waals surface area contributed by atoms with Gasteiger partial charge in [-0.3, -0.25) is 4.79 Å². The number of amides is 1. The molecule has 0 aromatic heterocycles. The molecule has 2 rings (SSSR count). The van der Waals surface area contributed by atoms with E-state index in [-0.39, 0.29) is 17.9 Å². The van der Waals surface area contributed by atoms with Gasteiger partial charge >= 0.3 is 0 Å². The van der Waals surface area contributed by atoms with Crippen LogP contribution >= 0.6 is 0 Å². The lowest BCUT2D eigenvalue weighted by molar-refractivity contribution is -0.141. The second kappa shape index (κ2) is 7.01. The molecule has 0 unspecified atom stereocenters. The third-order valence-electron chi connectivity index (χ3n) is 3.97. The Labute approximate surface area is 137 Å². The number of nitrogens with zero attached hydrogens (tertiary/aromatic N) is 1. The summed E-state index contributed by atoms with van der Waals surface area (Å²) in [4.78, 5) is 12.6. The van der Waals surface area contributed by atoms with Crippen LogP contribution in [0.25, 0.3) is 0 Å². The lowest BCUT2D eigenvalue weighted by Crippen LogP contribution is -2.44. The molecule has 0 saturated heterocycles. The molecule has 124 valence electrons. The monoisotopic (exact) mass is 316 g/mol. The number of ether oxygens (including phenoxy) is 2. The molecule has 0 aliphatic heterocycles. The van der Waals surface area contributed by atoms with Crippen molar-refractivity contribution in [2.24, 2.45) is 5.92 Å². The number of anilines is 1. The average molecular weight is 316 g/mol. The summed E-state index contributed by atoms with van der Waals surface area (Å²) in [5.74, 6) is 0.625. The summed E-state index contributed by atoms with van der Waals surface area (Å²) in [6.45, 7) is 8.02. The second-order valence-corrected chi connectivity index (χ2v) is 6.26. The lowest BCUT2D eigenvalue weighted by atomic mass is 9.98. The molecule has 1 amide bonds. The highest BCUT2D eigenvalue weighted by molar-refractivity contribution is 5.97. The van der Waals surface area contributed by atoms with Gasteiger partial charge < -0.3 is 14.8 Å². The number of hydrogen-bond acceptors (Lipinski definition) is 4. The van der Waals surface area contributed by atoms with Gasteiger partial charge in [-0.2, -0.15) is 5.26 Å². The van der Waals surface area contributed by atoms with Gasteiger partial charge in [0.2, 0.25) is 0 Å². The van der Waals surface area contributed by atoms with Crippen molar-refractivity contribution in [3.8, 4) is 11.8 Å². The molecule has 1 aromatic rings. The molecular formula is C18H24N2O3. The van der Waals surface area contributed by atoms with E-state index in [1.807, 2.05) is 27.7 Å². The second-order valence-electron chi connectivity index (χ2n) is 6.26. The van der Waals surface area contributed by atoms with E-state index in [2.05, 4.69) is 11.4 Å². The molecule has 1 aliphatic carbocycles. The first-order valence-corrected chi connectivity index (χ1v) is 8.07. The normalized spacial score (nSPS) is 16.5. The Bertz CT molecular complexity index is 617. The van der Waals surface area contributed by atoms with Gasteiger partial charge in [-0.1, -0.05) is 0 Å². The van der Waals surface area contributed by atoms with Crippen molar-refractivity contribution in [3.63, 3.8) is 0 Å². The molecule has 1 aromatic carbocycles. The fourth-order valence-electron chi connectivity index (χ4n) is 2.61. The summed E-state index contributed by atoms with van der Waals surface area (Å²) in [7, 11) is 0. The predicted octanol–water partition coefficient (Wildman–Crippen LogP) is 3.49. The Kier molecular flexibility index (Phi) is 5.27. The third kappa shape index (κ3) is 4.02. The Morgan fingerprint density at radius 3 is 2.70 bits per heavy atom. The number of hydrogen-bond donors (Lipinski definition) is 1. The zero-order chi connectivity index (χ0) is 17.0. The van der Waals surface area contributed by atoms with E-state index in [0.29, 0.717) is 23.6 Å². The molecule has 0 heterocycles. The van der Waals surface area contributed by atoms with E-state index < -0.39 is 5.60 Å². The Hall–Kier alpha value is -2.06.